The Hall–Kier alpha value is -2.21. The van der Waals surface area contributed by atoms with Crippen molar-refractivity contribution in [1.82, 2.24) is 0 Å². The zero-order chi connectivity index (χ0) is 17.3. The third kappa shape index (κ3) is 5.65. The minimum atomic E-state index is -5.62. The zero-order valence-electron chi connectivity index (χ0n) is 9.86. The van der Waals surface area contributed by atoms with E-state index in [9.17, 15) is 39.5 Å². The van der Waals surface area contributed by atoms with Crippen LogP contribution in [0.25, 0.3) is 0 Å². The van der Waals surface area contributed by atoms with Crippen LogP contribution >= 0.6 is 0 Å². The molecule has 0 spiro atoms. The minimum absolute atomic E-state index is 0.243. The molecular formula is C9H4F9NO3. The fourth-order valence-corrected chi connectivity index (χ4v) is 1.20. The van der Waals surface area contributed by atoms with Crippen molar-refractivity contribution in [3.05, 3.63) is 12.1 Å². The van der Waals surface area contributed by atoms with Crippen molar-refractivity contribution in [3.63, 3.8) is 0 Å². The highest BCUT2D eigenvalue weighted by molar-refractivity contribution is 5.66. The third-order valence-corrected chi connectivity index (χ3v) is 1.77. The van der Waals surface area contributed by atoms with Crippen LogP contribution < -0.4 is 19.9 Å². The molecule has 126 valence electrons. The van der Waals surface area contributed by atoms with Crippen molar-refractivity contribution < 1.29 is 53.7 Å². The number of hydrogen-bond donors (Lipinski definition) is 1. The molecular weight excluding hydrogens is 341 g/mol. The van der Waals surface area contributed by atoms with E-state index in [0.29, 0.717) is 6.07 Å². The Morgan fingerprint density at radius 1 is 0.636 bits per heavy atom. The second-order valence-corrected chi connectivity index (χ2v) is 3.45. The molecule has 0 aliphatic rings. The van der Waals surface area contributed by atoms with Crippen molar-refractivity contribution in [2.45, 2.75) is 19.1 Å². The summed E-state index contributed by atoms with van der Waals surface area (Å²) in [4.78, 5) is 0. The number of nitrogen functional groups attached to an aromatic ring is 1. The fraction of sp³-hybridized carbons (Fsp3) is 0.333. The molecule has 0 fully saturated rings. The van der Waals surface area contributed by atoms with Gasteiger partial charge in [-0.05, 0) is 12.1 Å². The molecule has 4 nitrogen and oxygen atoms in total. The van der Waals surface area contributed by atoms with Gasteiger partial charge < -0.3 is 19.9 Å². The molecule has 0 saturated carbocycles. The first kappa shape index (κ1) is 17.8. The van der Waals surface area contributed by atoms with Gasteiger partial charge in [0.1, 0.15) is 0 Å². The van der Waals surface area contributed by atoms with Gasteiger partial charge in [-0.3, -0.25) is 0 Å². The first-order chi connectivity index (χ1) is 9.68. The lowest BCUT2D eigenvalue weighted by Gasteiger charge is -2.20. The first-order valence-corrected chi connectivity index (χ1v) is 4.87. The van der Waals surface area contributed by atoms with Gasteiger partial charge in [-0.15, -0.1) is 39.5 Å². The lowest BCUT2D eigenvalue weighted by molar-refractivity contribution is -0.293. The molecule has 0 aliphatic carbocycles. The Bertz CT molecular complexity index is 535. The summed E-state index contributed by atoms with van der Waals surface area (Å²) >= 11 is 0. The van der Waals surface area contributed by atoms with Gasteiger partial charge in [0.25, 0.3) is 0 Å². The van der Waals surface area contributed by atoms with Crippen LogP contribution in [0, 0.1) is 0 Å². The Balaban J connectivity index is 3.42. The maximum atomic E-state index is 12.2. The van der Waals surface area contributed by atoms with Crippen molar-refractivity contribution >= 4 is 5.69 Å². The maximum absolute atomic E-state index is 12.2. The zero-order valence-corrected chi connectivity index (χ0v) is 9.86. The smallest absolute Gasteiger partial charge is 0.402 e. The van der Waals surface area contributed by atoms with Gasteiger partial charge in [0.2, 0.25) is 5.75 Å². The summed E-state index contributed by atoms with van der Waals surface area (Å²) in [6.07, 6.45) is -16.6. The number of rotatable bonds is 3. The Morgan fingerprint density at radius 3 is 1.45 bits per heavy atom. The van der Waals surface area contributed by atoms with E-state index >= 15 is 0 Å². The summed E-state index contributed by atoms with van der Waals surface area (Å²) < 4.78 is 119. The van der Waals surface area contributed by atoms with Gasteiger partial charge in [0, 0.05) is 0 Å². The molecule has 22 heavy (non-hydrogen) atoms. The molecule has 0 unspecified atom stereocenters. The van der Waals surface area contributed by atoms with Crippen LogP contribution in [-0.2, 0) is 0 Å². The second-order valence-electron chi connectivity index (χ2n) is 3.45. The quantitative estimate of drug-likeness (QED) is 0.665. The van der Waals surface area contributed by atoms with Crippen LogP contribution in [0.1, 0.15) is 0 Å². The van der Waals surface area contributed by atoms with Crippen LogP contribution in [0.3, 0.4) is 0 Å². The number of alkyl halides is 9. The molecule has 0 aromatic heterocycles. The van der Waals surface area contributed by atoms with E-state index in [4.69, 9.17) is 5.73 Å². The highest BCUT2D eigenvalue weighted by Gasteiger charge is 2.41. The number of nitrogens with two attached hydrogens (primary N) is 1. The first-order valence-electron chi connectivity index (χ1n) is 4.87. The van der Waals surface area contributed by atoms with Gasteiger partial charge >= 0.3 is 19.1 Å². The summed E-state index contributed by atoms with van der Waals surface area (Å²) in [5, 5.41) is 0. The Morgan fingerprint density at radius 2 is 1.05 bits per heavy atom. The van der Waals surface area contributed by atoms with Crippen molar-refractivity contribution in [2.75, 3.05) is 5.73 Å². The van der Waals surface area contributed by atoms with E-state index in [0.717, 1.165) is 0 Å². The number of halogens is 9. The largest absolute Gasteiger partial charge is 0.573 e. The van der Waals surface area contributed by atoms with E-state index in [2.05, 4.69) is 14.2 Å². The van der Waals surface area contributed by atoms with Crippen molar-refractivity contribution in [3.8, 4) is 17.2 Å². The third-order valence-electron chi connectivity index (χ3n) is 1.77. The maximum Gasteiger partial charge on any atom is 0.573 e. The molecule has 1 aromatic carbocycles. The molecule has 2 N–H and O–H groups in total. The fourth-order valence-electron chi connectivity index (χ4n) is 1.20. The summed E-state index contributed by atoms with van der Waals surface area (Å²) in [5.74, 6) is -5.54. The van der Waals surface area contributed by atoms with Gasteiger partial charge in [-0.25, -0.2) is 0 Å². The van der Waals surface area contributed by atoms with Crippen LogP contribution in [0.4, 0.5) is 45.2 Å². The molecule has 0 bridgehead atoms. The van der Waals surface area contributed by atoms with Gasteiger partial charge in [-0.2, -0.15) is 0 Å². The lowest BCUT2D eigenvalue weighted by Crippen LogP contribution is -2.24. The van der Waals surface area contributed by atoms with Gasteiger partial charge in [0.05, 0.1) is 5.69 Å². The number of benzene rings is 1. The predicted molar refractivity (Wildman–Crippen MR) is 50.9 cm³/mol. The highest BCUT2D eigenvalue weighted by Crippen LogP contribution is 2.47. The molecule has 0 amide bonds. The van der Waals surface area contributed by atoms with Crippen molar-refractivity contribution in [2.24, 2.45) is 0 Å². The number of anilines is 1. The number of ether oxygens (including phenoxy) is 3. The van der Waals surface area contributed by atoms with Gasteiger partial charge in [0.15, 0.2) is 11.5 Å². The van der Waals surface area contributed by atoms with E-state index in [1.165, 1.54) is 0 Å². The Kier molecular flexibility index (Phi) is 4.49. The molecule has 0 atom stereocenters. The molecule has 0 heterocycles. The summed E-state index contributed by atoms with van der Waals surface area (Å²) in [7, 11) is 0. The van der Waals surface area contributed by atoms with E-state index in [-0.39, 0.29) is 6.07 Å². The van der Waals surface area contributed by atoms with Crippen molar-refractivity contribution in [1.29, 1.82) is 0 Å². The standard InChI is InChI=1S/C9H4F9NO3/c10-7(11,12)20-4-2-1-3(19)5(21-8(13,14)15)6(4)22-9(16,17)18/h1-2H,19H2. The van der Waals surface area contributed by atoms with Crippen LogP contribution in [0.15, 0.2) is 12.1 Å². The molecule has 0 aliphatic heterocycles. The monoisotopic (exact) mass is 345 g/mol. The topological polar surface area (TPSA) is 53.7 Å². The van der Waals surface area contributed by atoms with Gasteiger partial charge in [-0.1, -0.05) is 0 Å². The van der Waals surface area contributed by atoms with E-state index in [1.807, 2.05) is 0 Å². The summed E-state index contributed by atoms with van der Waals surface area (Å²) in [6.45, 7) is 0. The highest BCUT2D eigenvalue weighted by atomic mass is 19.4. The summed E-state index contributed by atoms with van der Waals surface area (Å²) in [6, 6.07) is 0.665. The normalized spacial score (nSPS) is 13.0. The SMILES string of the molecule is Nc1ccc(OC(F)(F)F)c(OC(F)(F)F)c1OC(F)(F)F. The Labute approximate surface area is 115 Å². The summed E-state index contributed by atoms with van der Waals surface area (Å²) in [5.41, 5.74) is 3.92. The minimum Gasteiger partial charge on any atom is -0.402 e. The van der Waals surface area contributed by atoms with E-state index in [1.54, 1.807) is 0 Å². The predicted octanol–water partition coefficient (Wildman–Crippen LogP) is 3.96. The lowest BCUT2D eigenvalue weighted by atomic mass is 10.2. The molecule has 0 saturated heterocycles. The second kappa shape index (κ2) is 5.53. The number of hydrogen-bond acceptors (Lipinski definition) is 4. The average Bonchev–Trinajstić information content (AvgIpc) is 2.22. The molecule has 1 rings (SSSR count). The average molecular weight is 345 g/mol. The van der Waals surface area contributed by atoms with Crippen LogP contribution in [0.5, 0.6) is 17.2 Å². The molecule has 13 heteroatoms. The van der Waals surface area contributed by atoms with E-state index < -0.39 is 42.0 Å². The van der Waals surface area contributed by atoms with Crippen LogP contribution in [-0.4, -0.2) is 19.1 Å². The van der Waals surface area contributed by atoms with Crippen LogP contribution in [0.2, 0.25) is 0 Å². The molecule has 0 radical (unpaired) electrons. The molecule has 1 aromatic rings.